The first-order valence-electron chi connectivity index (χ1n) is 5.58. The lowest BCUT2D eigenvalue weighted by molar-refractivity contribution is 0.627. The predicted octanol–water partition coefficient (Wildman–Crippen LogP) is 2.72. The highest BCUT2D eigenvalue weighted by Crippen LogP contribution is 2.15. The van der Waals surface area contributed by atoms with Gasteiger partial charge in [0.1, 0.15) is 11.7 Å². The van der Waals surface area contributed by atoms with E-state index in [1.807, 2.05) is 18.2 Å². The molecule has 2 rings (SSSR count). The van der Waals surface area contributed by atoms with Gasteiger partial charge in [-0.25, -0.2) is 4.39 Å². The van der Waals surface area contributed by atoms with E-state index >= 15 is 0 Å². The minimum absolute atomic E-state index is 0.0252. The van der Waals surface area contributed by atoms with Gasteiger partial charge in [0.15, 0.2) is 0 Å². The molecule has 4 N–H and O–H groups in total. The van der Waals surface area contributed by atoms with Crippen molar-refractivity contribution in [3.05, 3.63) is 65.5 Å². The third-order valence-corrected chi connectivity index (χ3v) is 2.61. The van der Waals surface area contributed by atoms with Gasteiger partial charge in [-0.2, -0.15) is 0 Å². The summed E-state index contributed by atoms with van der Waals surface area (Å²) in [5.74, 6) is -0.222. The number of halogens is 1. The molecule has 0 unspecified atom stereocenters. The largest absolute Gasteiger partial charge is 0.384 e. The van der Waals surface area contributed by atoms with E-state index < -0.39 is 0 Å². The molecule has 2 aromatic carbocycles. The van der Waals surface area contributed by atoms with Crippen LogP contribution in [0.15, 0.2) is 48.5 Å². The Kier molecular flexibility index (Phi) is 3.57. The smallest absolute Gasteiger partial charge is 0.124 e. The summed E-state index contributed by atoms with van der Waals surface area (Å²) in [5, 5.41) is 10.7. The molecule has 0 saturated carbocycles. The number of nitrogens with one attached hydrogen (secondary N) is 2. The Labute approximate surface area is 105 Å². The summed E-state index contributed by atoms with van der Waals surface area (Å²) in [6.07, 6.45) is 0. The van der Waals surface area contributed by atoms with Crippen LogP contribution < -0.4 is 11.1 Å². The van der Waals surface area contributed by atoms with Crippen molar-refractivity contribution in [3.63, 3.8) is 0 Å². The van der Waals surface area contributed by atoms with Crippen molar-refractivity contribution < 1.29 is 4.39 Å². The second-order valence-electron chi connectivity index (χ2n) is 3.94. The van der Waals surface area contributed by atoms with Crippen molar-refractivity contribution in [3.8, 4) is 0 Å². The molecule has 2 aromatic rings. The van der Waals surface area contributed by atoms with Crippen LogP contribution >= 0.6 is 0 Å². The molecule has 0 fully saturated rings. The number of nitrogens with two attached hydrogens (primary N) is 1. The molecule has 0 atom stereocenters. The van der Waals surface area contributed by atoms with Gasteiger partial charge in [-0.15, -0.1) is 0 Å². The van der Waals surface area contributed by atoms with Crippen LogP contribution in [0.2, 0.25) is 0 Å². The maximum atomic E-state index is 12.8. The van der Waals surface area contributed by atoms with Crippen molar-refractivity contribution in [2.75, 3.05) is 5.32 Å². The van der Waals surface area contributed by atoms with Crippen LogP contribution in [0.3, 0.4) is 0 Å². The van der Waals surface area contributed by atoms with E-state index in [1.54, 1.807) is 18.2 Å². The molecule has 4 heteroatoms. The number of anilines is 1. The van der Waals surface area contributed by atoms with Crippen LogP contribution in [-0.4, -0.2) is 5.84 Å². The monoisotopic (exact) mass is 243 g/mol. The zero-order valence-corrected chi connectivity index (χ0v) is 9.78. The van der Waals surface area contributed by atoms with E-state index in [9.17, 15) is 4.39 Å². The first-order valence-corrected chi connectivity index (χ1v) is 5.58. The fourth-order valence-electron chi connectivity index (χ4n) is 1.67. The Bertz CT molecular complexity index is 549. The quantitative estimate of drug-likeness (QED) is 0.571. The second-order valence-corrected chi connectivity index (χ2v) is 3.94. The Balaban J connectivity index is 2.10. The number of benzene rings is 2. The SMILES string of the molecule is N=C(N)c1ccccc1NCc1ccc(F)cc1. The van der Waals surface area contributed by atoms with Gasteiger partial charge in [0.2, 0.25) is 0 Å². The van der Waals surface area contributed by atoms with Crippen LogP contribution in [0.5, 0.6) is 0 Å². The van der Waals surface area contributed by atoms with Crippen molar-refractivity contribution in [1.29, 1.82) is 5.41 Å². The van der Waals surface area contributed by atoms with Crippen LogP contribution in [0.25, 0.3) is 0 Å². The molecule has 0 aromatic heterocycles. The van der Waals surface area contributed by atoms with Crippen LogP contribution in [0.4, 0.5) is 10.1 Å². The minimum atomic E-state index is -0.247. The first kappa shape index (κ1) is 12.1. The van der Waals surface area contributed by atoms with Gasteiger partial charge in [-0.05, 0) is 29.8 Å². The fraction of sp³-hybridized carbons (Fsp3) is 0.0714. The fourth-order valence-corrected chi connectivity index (χ4v) is 1.67. The summed E-state index contributed by atoms with van der Waals surface area (Å²) in [6.45, 7) is 0.560. The molecule has 0 spiro atoms. The summed E-state index contributed by atoms with van der Waals surface area (Å²) in [6, 6.07) is 13.6. The predicted molar refractivity (Wildman–Crippen MR) is 71.2 cm³/mol. The maximum Gasteiger partial charge on any atom is 0.124 e. The molecule has 0 amide bonds. The van der Waals surface area contributed by atoms with Gasteiger partial charge in [0.25, 0.3) is 0 Å². The zero-order valence-electron chi connectivity index (χ0n) is 9.78. The standard InChI is InChI=1S/C14H14FN3/c15-11-7-5-10(6-8-11)9-18-13-4-2-1-3-12(13)14(16)17/h1-8,18H,9H2,(H3,16,17). The van der Waals surface area contributed by atoms with E-state index in [4.69, 9.17) is 11.1 Å². The molecular weight excluding hydrogens is 229 g/mol. The van der Waals surface area contributed by atoms with Crippen molar-refractivity contribution in [2.45, 2.75) is 6.54 Å². The summed E-state index contributed by atoms with van der Waals surface area (Å²) >= 11 is 0. The Morgan fingerprint density at radius 2 is 1.78 bits per heavy atom. The molecular formula is C14H14FN3. The van der Waals surface area contributed by atoms with Gasteiger partial charge in [-0.3, -0.25) is 5.41 Å². The highest BCUT2D eigenvalue weighted by molar-refractivity contribution is 6.00. The number of hydrogen-bond donors (Lipinski definition) is 3. The van der Waals surface area contributed by atoms with Crippen molar-refractivity contribution in [1.82, 2.24) is 0 Å². The number of nitrogen functional groups attached to an aromatic ring is 1. The summed E-state index contributed by atoms with van der Waals surface area (Å²) in [7, 11) is 0. The van der Waals surface area contributed by atoms with Crippen LogP contribution in [-0.2, 0) is 6.54 Å². The molecule has 0 saturated heterocycles. The molecule has 92 valence electrons. The van der Waals surface area contributed by atoms with E-state index in [1.165, 1.54) is 12.1 Å². The van der Waals surface area contributed by atoms with Gasteiger partial charge >= 0.3 is 0 Å². The average molecular weight is 243 g/mol. The Morgan fingerprint density at radius 3 is 2.44 bits per heavy atom. The van der Waals surface area contributed by atoms with Gasteiger partial charge in [0.05, 0.1) is 0 Å². The third-order valence-electron chi connectivity index (χ3n) is 2.61. The van der Waals surface area contributed by atoms with E-state index in [0.29, 0.717) is 12.1 Å². The third kappa shape index (κ3) is 2.85. The lowest BCUT2D eigenvalue weighted by Gasteiger charge is -2.10. The second kappa shape index (κ2) is 5.31. The van der Waals surface area contributed by atoms with Crippen LogP contribution in [0, 0.1) is 11.2 Å². The number of hydrogen-bond acceptors (Lipinski definition) is 2. The first-order chi connectivity index (χ1) is 8.66. The lowest BCUT2D eigenvalue weighted by Crippen LogP contribution is -2.14. The molecule has 0 heterocycles. The summed E-state index contributed by atoms with van der Waals surface area (Å²) in [4.78, 5) is 0. The lowest BCUT2D eigenvalue weighted by atomic mass is 10.1. The Morgan fingerprint density at radius 1 is 1.11 bits per heavy atom. The molecule has 0 aliphatic heterocycles. The normalized spacial score (nSPS) is 10.1. The Hall–Kier alpha value is -2.36. The van der Waals surface area contributed by atoms with Crippen molar-refractivity contribution in [2.24, 2.45) is 5.73 Å². The molecule has 18 heavy (non-hydrogen) atoms. The van der Waals surface area contributed by atoms with E-state index in [0.717, 1.165) is 11.3 Å². The molecule has 0 aliphatic rings. The van der Waals surface area contributed by atoms with Gasteiger partial charge < -0.3 is 11.1 Å². The van der Waals surface area contributed by atoms with Gasteiger partial charge in [0, 0.05) is 17.8 Å². The zero-order chi connectivity index (χ0) is 13.0. The molecule has 0 radical (unpaired) electrons. The number of rotatable bonds is 4. The molecule has 3 nitrogen and oxygen atoms in total. The topological polar surface area (TPSA) is 61.9 Å². The highest BCUT2D eigenvalue weighted by atomic mass is 19.1. The number of para-hydroxylation sites is 1. The van der Waals surface area contributed by atoms with Crippen LogP contribution in [0.1, 0.15) is 11.1 Å². The van der Waals surface area contributed by atoms with E-state index in [2.05, 4.69) is 5.32 Å². The highest BCUT2D eigenvalue weighted by Gasteiger charge is 2.03. The maximum absolute atomic E-state index is 12.8. The van der Waals surface area contributed by atoms with Crippen molar-refractivity contribution >= 4 is 11.5 Å². The summed E-state index contributed by atoms with van der Waals surface area (Å²) < 4.78 is 12.8. The minimum Gasteiger partial charge on any atom is -0.384 e. The average Bonchev–Trinajstić information content (AvgIpc) is 2.38. The van der Waals surface area contributed by atoms with E-state index in [-0.39, 0.29) is 11.7 Å². The number of amidine groups is 1. The van der Waals surface area contributed by atoms with Gasteiger partial charge in [-0.1, -0.05) is 24.3 Å². The molecule has 0 aliphatic carbocycles. The summed E-state index contributed by atoms with van der Waals surface area (Å²) in [5.41, 5.74) is 7.93. The molecule has 0 bridgehead atoms.